The van der Waals surface area contributed by atoms with Crippen molar-refractivity contribution in [3.8, 4) is 17.2 Å². The summed E-state index contributed by atoms with van der Waals surface area (Å²) >= 11 is 0. The van der Waals surface area contributed by atoms with Crippen LogP contribution in [0.2, 0.25) is 0 Å². The van der Waals surface area contributed by atoms with Crippen LogP contribution in [0.4, 0.5) is 0 Å². The Morgan fingerprint density at radius 2 is 1.36 bits per heavy atom. The topological polar surface area (TPSA) is 44.8 Å². The van der Waals surface area contributed by atoms with Gasteiger partial charge in [-0.2, -0.15) is 0 Å². The molecule has 22 heavy (non-hydrogen) atoms. The maximum atomic E-state index is 12.2. The summed E-state index contributed by atoms with van der Waals surface area (Å²) in [6, 6.07) is 14.9. The van der Waals surface area contributed by atoms with Crippen LogP contribution in [0.5, 0.6) is 17.2 Å². The highest BCUT2D eigenvalue weighted by molar-refractivity contribution is 5.79. The lowest BCUT2D eigenvalue weighted by atomic mass is 10.1. The molecule has 0 unspecified atom stereocenters. The van der Waals surface area contributed by atoms with Gasteiger partial charge in [0.25, 0.3) is 0 Å². The molecular formula is C18H18O4. The van der Waals surface area contributed by atoms with Gasteiger partial charge in [0.05, 0.1) is 20.1 Å². The lowest BCUT2D eigenvalue weighted by Crippen LogP contribution is -2.11. The Morgan fingerprint density at radius 1 is 0.864 bits per heavy atom. The summed E-state index contributed by atoms with van der Waals surface area (Å²) in [7, 11) is 3.24. The highest BCUT2D eigenvalue weighted by atomic mass is 16.5. The van der Waals surface area contributed by atoms with Crippen molar-refractivity contribution < 1.29 is 19.0 Å². The SMILES string of the molecule is COc1ccc(OC(=O)[C@H]2C[C@@H]2c2ccc(OC)cc2)cc1. The molecule has 0 aliphatic heterocycles. The number of hydrogen-bond donors (Lipinski definition) is 0. The molecule has 2 aromatic rings. The van der Waals surface area contributed by atoms with Crippen LogP contribution in [0.1, 0.15) is 17.9 Å². The van der Waals surface area contributed by atoms with Gasteiger partial charge in [0.2, 0.25) is 0 Å². The van der Waals surface area contributed by atoms with Gasteiger partial charge in [0.15, 0.2) is 0 Å². The minimum atomic E-state index is -0.175. The van der Waals surface area contributed by atoms with Crippen molar-refractivity contribution in [2.75, 3.05) is 14.2 Å². The van der Waals surface area contributed by atoms with Gasteiger partial charge in [-0.05, 0) is 54.3 Å². The van der Waals surface area contributed by atoms with Crippen molar-refractivity contribution in [3.05, 3.63) is 54.1 Å². The largest absolute Gasteiger partial charge is 0.497 e. The van der Waals surface area contributed by atoms with Crippen molar-refractivity contribution in [1.82, 2.24) is 0 Å². The molecule has 0 bridgehead atoms. The second-order valence-corrected chi connectivity index (χ2v) is 5.32. The standard InChI is InChI=1S/C18H18O4/c1-20-13-5-3-12(4-6-13)16-11-17(16)18(19)22-15-9-7-14(21-2)8-10-15/h3-10,16-17H,11H2,1-2H3/t16-,17+/m1/s1. The zero-order chi connectivity index (χ0) is 15.5. The number of rotatable bonds is 5. The first-order chi connectivity index (χ1) is 10.7. The van der Waals surface area contributed by atoms with E-state index in [2.05, 4.69) is 0 Å². The van der Waals surface area contributed by atoms with Gasteiger partial charge in [-0.3, -0.25) is 4.79 Å². The molecule has 1 aliphatic rings. The van der Waals surface area contributed by atoms with Crippen LogP contribution in [0.3, 0.4) is 0 Å². The zero-order valence-electron chi connectivity index (χ0n) is 12.6. The zero-order valence-corrected chi connectivity index (χ0v) is 12.6. The van der Waals surface area contributed by atoms with Crippen molar-refractivity contribution in [2.24, 2.45) is 5.92 Å². The molecule has 0 radical (unpaired) electrons. The molecule has 2 aromatic carbocycles. The molecule has 1 aliphatic carbocycles. The maximum Gasteiger partial charge on any atom is 0.314 e. The van der Waals surface area contributed by atoms with Crippen LogP contribution in [-0.4, -0.2) is 20.2 Å². The monoisotopic (exact) mass is 298 g/mol. The maximum absolute atomic E-state index is 12.2. The van der Waals surface area contributed by atoms with Crippen LogP contribution < -0.4 is 14.2 Å². The average molecular weight is 298 g/mol. The quantitative estimate of drug-likeness (QED) is 0.627. The first kappa shape index (κ1) is 14.4. The van der Waals surface area contributed by atoms with Crippen LogP contribution in [0, 0.1) is 5.92 Å². The molecule has 0 heterocycles. The Morgan fingerprint density at radius 3 is 1.91 bits per heavy atom. The Balaban J connectivity index is 1.59. The summed E-state index contributed by atoms with van der Waals surface area (Å²) < 4.78 is 15.6. The van der Waals surface area contributed by atoms with Gasteiger partial charge >= 0.3 is 5.97 Å². The highest BCUT2D eigenvalue weighted by Crippen LogP contribution is 2.48. The van der Waals surface area contributed by atoms with Gasteiger partial charge in [-0.15, -0.1) is 0 Å². The minimum Gasteiger partial charge on any atom is -0.497 e. The van der Waals surface area contributed by atoms with Gasteiger partial charge in [-0.25, -0.2) is 0 Å². The van der Waals surface area contributed by atoms with E-state index in [4.69, 9.17) is 14.2 Å². The summed E-state index contributed by atoms with van der Waals surface area (Å²) in [6.07, 6.45) is 0.835. The van der Waals surface area contributed by atoms with E-state index in [9.17, 15) is 4.79 Å². The van der Waals surface area contributed by atoms with Gasteiger partial charge in [0.1, 0.15) is 17.2 Å². The van der Waals surface area contributed by atoms with E-state index in [0.29, 0.717) is 5.75 Å². The molecule has 114 valence electrons. The third-order valence-electron chi connectivity index (χ3n) is 3.92. The summed E-state index contributed by atoms with van der Waals surface area (Å²) in [5, 5.41) is 0. The predicted octanol–water partition coefficient (Wildman–Crippen LogP) is 3.41. The molecule has 0 amide bonds. The summed E-state index contributed by atoms with van der Waals surface area (Å²) in [5.41, 5.74) is 1.15. The first-order valence-corrected chi connectivity index (χ1v) is 7.21. The number of ether oxygens (including phenoxy) is 3. The van der Waals surface area contributed by atoms with Gasteiger partial charge < -0.3 is 14.2 Å². The highest BCUT2D eigenvalue weighted by Gasteiger charge is 2.45. The van der Waals surface area contributed by atoms with Crippen molar-refractivity contribution in [1.29, 1.82) is 0 Å². The lowest BCUT2D eigenvalue weighted by Gasteiger charge is -2.06. The molecule has 4 heteroatoms. The van der Waals surface area contributed by atoms with E-state index in [1.807, 2.05) is 24.3 Å². The average Bonchev–Trinajstić information content (AvgIpc) is 3.36. The van der Waals surface area contributed by atoms with E-state index < -0.39 is 0 Å². The number of esters is 1. The number of carbonyl (C=O) groups excluding carboxylic acids is 1. The van der Waals surface area contributed by atoms with Crippen LogP contribution in [0.15, 0.2) is 48.5 Å². The molecule has 0 aromatic heterocycles. The molecule has 3 rings (SSSR count). The fourth-order valence-electron chi connectivity index (χ4n) is 2.51. The summed E-state index contributed by atoms with van der Waals surface area (Å²) in [4.78, 5) is 12.2. The Hall–Kier alpha value is -2.49. The fourth-order valence-corrected chi connectivity index (χ4v) is 2.51. The molecular weight excluding hydrogens is 280 g/mol. The molecule has 1 fully saturated rings. The molecule has 0 spiro atoms. The molecule has 0 N–H and O–H groups in total. The second kappa shape index (κ2) is 6.10. The Kier molecular flexibility index (Phi) is 4.00. The fraction of sp³-hybridized carbons (Fsp3) is 0.278. The normalized spacial score (nSPS) is 19.4. The summed E-state index contributed by atoms with van der Waals surface area (Å²) in [5.74, 6) is 2.12. The van der Waals surface area contributed by atoms with E-state index >= 15 is 0 Å². The van der Waals surface area contributed by atoms with Crippen molar-refractivity contribution in [2.45, 2.75) is 12.3 Å². The number of benzene rings is 2. The smallest absolute Gasteiger partial charge is 0.314 e. The van der Waals surface area contributed by atoms with E-state index in [-0.39, 0.29) is 17.8 Å². The Labute approximate surface area is 129 Å². The third-order valence-corrected chi connectivity index (χ3v) is 3.92. The number of methoxy groups -OCH3 is 2. The van der Waals surface area contributed by atoms with Crippen molar-refractivity contribution >= 4 is 5.97 Å². The van der Waals surface area contributed by atoms with Gasteiger partial charge in [0, 0.05) is 0 Å². The molecule has 4 nitrogen and oxygen atoms in total. The summed E-state index contributed by atoms with van der Waals surface area (Å²) in [6.45, 7) is 0. The van der Waals surface area contributed by atoms with Gasteiger partial charge in [-0.1, -0.05) is 12.1 Å². The number of carbonyl (C=O) groups is 1. The van der Waals surface area contributed by atoms with Crippen LogP contribution in [-0.2, 0) is 4.79 Å². The number of hydrogen-bond acceptors (Lipinski definition) is 4. The van der Waals surface area contributed by atoms with Crippen LogP contribution in [0.25, 0.3) is 0 Å². The Bertz CT molecular complexity index is 646. The second-order valence-electron chi connectivity index (χ2n) is 5.32. The van der Waals surface area contributed by atoms with E-state index in [1.54, 1.807) is 38.5 Å². The van der Waals surface area contributed by atoms with Crippen LogP contribution >= 0.6 is 0 Å². The predicted molar refractivity (Wildman–Crippen MR) is 82.5 cm³/mol. The molecule has 1 saturated carbocycles. The van der Waals surface area contributed by atoms with E-state index in [0.717, 1.165) is 23.5 Å². The third kappa shape index (κ3) is 3.06. The minimum absolute atomic E-state index is 0.0597. The molecule has 0 saturated heterocycles. The molecule has 2 atom stereocenters. The van der Waals surface area contributed by atoms with E-state index in [1.165, 1.54) is 0 Å². The first-order valence-electron chi connectivity index (χ1n) is 7.21. The lowest BCUT2D eigenvalue weighted by molar-refractivity contribution is -0.135. The van der Waals surface area contributed by atoms with Crippen molar-refractivity contribution in [3.63, 3.8) is 0 Å².